The van der Waals surface area contributed by atoms with Crippen LogP contribution in [0.2, 0.25) is 0 Å². The minimum Gasteiger partial charge on any atom is -0.481 e. The van der Waals surface area contributed by atoms with Gasteiger partial charge in [0.2, 0.25) is 0 Å². The highest BCUT2D eigenvalue weighted by atomic mass is 17.1. The van der Waals surface area contributed by atoms with Crippen LogP contribution >= 0.6 is 0 Å². The number of carboxylic acid groups (broad SMARTS) is 1. The lowest BCUT2D eigenvalue weighted by Crippen LogP contribution is -2.07. The van der Waals surface area contributed by atoms with E-state index in [4.69, 9.17) is 15.6 Å². The van der Waals surface area contributed by atoms with E-state index in [1.165, 1.54) is 0 Å². The van der Waals surface area contributed by atoms with Crippen LogP contribution < -0.4 is 0 Å². The van der Waals surface area contributed by atoms with Crippen molar-refractivity contribution in [2.24, 2.45) is 0 Å². The maximum absolute atomic E-state index is 10.4. The molecule has 0 aromatic rings. The molecule has 0 aliphatic rings. The monoisotopic (exact) mass is 344 g/mol. The molecule has 140 valence electrons. The summed E-state index contributed by atoms with van der Waals surface area (Å²) in [6, 6.07) is 0. The summed E-state index contributed by atoms with van der Waals surface area (Å²) in [5, 5.41) is 26.2. The van der Waals surface area contributed by atoms with Crippen LogP contribution in [0, 0.1) is 0 Å². The van der Waals surface area contributed by atoms with Crippen molar-refractivity contribution in [1.82, 2.24) is 0 Å². The zero-order valence-corrected chi connectivity index (χ0v) is 14.6. The maximum atomic E-state index is 10.4. The Labute approximate surface area is 144 Å². The number of carboxylic acids is 1. The van der Waals surface area contributed by atoms with Crippen molar-refractivity contribution in [3.05, 3.63) is 24.3 Å². The van der Waals surface area contributed by atoms with Gasteiger partial charge in [-0.25, -0.2) is 9.78 Å². The minimum atomic E-state index is -0.745. The SMILES string of the molecule is CCCCC(C=CC=CC(CCCCCCCC(=O)O)OO)OO. The van der Waals surface area contributed by atoms with E-state index >= 15 is 0 Å². The number of hydrogen-bond acceptors (Lipinski definition) is 5. The molecule has 0 saturated heterocycles. The zero-order chi connectivity index (χ0) is 18.0. The molecule has 0 heterocycles. The van der Waals surface area contributed by atoms with Crippen LogP contribution in [-0.4, -0.2) is 33.8 Å². The lowest BCUT2D eigenvalue weighted by atomic mass is 10.1. The van der Waals surface area contributed by atoms with Crippen LogP contribution in [-0.2, 0) is 14.6 Å². The largest absolute Gasteiger partial charge is 0.481 e. The van der Waals surface area contributed by atoms with Gasteiger partial charge in [0.15, 0.2) is 0 Å². The number of allylic oxidation sites excluding steroid dienone is 2. The van der Waals surface area contributed by atoms with Gasteiger partial charge in [-0.15, -0.1) is 0 Å². The van der Waals surface area contributed by atoms with E-state index in [1.54, 1.807) is 24.3 Å². The molecule has 2 atom stereocenters. The number of aliphatic carboxylic acids is 1. The Morgan fingerprint density at radius 1 is 0.875 bits per heavy atom. The predicted octanol–water partition coefficient (Wildman–Crippen LogP) is 4.82. The number of hydrogen-bond donors (Lipinski definition) is 3. The van der Waals surface area contributed by atoms with Crippen LogP contribution in [0.4, 0.5) is 0 Å². The van der Waals surface area contributed by atoms with E-state index in [1.807, 2.05) is 0 Å². The van der Waals surface area contributed by atoms with Gasteiger partial charge in [-0.05, 0) is 19.3 Å². The predicted molar refractivity (Wildman–Crippen MR) is 92.8 cm³/mol. The van der Waals surface area contributed by atoms with Crippen molar-refractivity contribution in [2.75, 3.05) is 0 Å². The summed E-state index contributed by atoms with van der Waals surface area (Å²) >= 11 is 0. The second-order valence-electron chi connectivity index (χ2n) is 5.90. The first kappa shape index (κ1) is 22.8. The van der Waals surface area contributed by atoms with Gasteiger partial charge in [-0.3, -0.25) is 15.3 Å². The normalized spacial score (nSPS) is 14.5. The van der Waals surface area contributed by atoms with E-state index in [2.05, 4.69) is 16.7 Å². The molecule has 6 nitrogen and oxygen atoms in total. The molecule has 0 radical (unpaired) electrons. The van der Waals surface area contributed by atoms with Crippen molar-refractivity contribution >= 4 is 5.97 Å². The Kier molecular flexibility index (Phi) is 15.8. The van der Waals surface area contributed by atoms with E-state index in [-0.39, 0.29) is 18.6 Å². The van der Waals surface area contributed by atoms with Crippen molar-refractivity contribution in [1.29, 1.82) is 0 Å². The van der Waals surface area contributed by atoms with Crippen molar-refractivity contribution < 1.29 is 30.2 Å². The Hall–Kier alpha value is -1.21. The lowest BCUT2D eigenvalue weighted by molar-refractivity contribution is -0.267. The summed E-state index contributed by atoms with van der Waals surface area (Å²) in [5.41, 5.74) is 0. The first-order chi connectivity index (χ1) is 11.6. The van der Waals surface area contributed by atoms with Gasteiger partial charge in [0, 0.05) is 6.42 Å². The molecule has 0 bridgehead atoms. The molecule has 3 N–H and O–H groups in total. The van der Waals surface area contributed by atoms with Crippen LogP contribution in [0.1, 0.15) is 71.1 Å². The first-order valence-corrected chi connectivity index (χ1v) is 8.81. The Bertz CT molecular complexity index is 353. The Morgan fingerprint density at radius 3 is 1.88 bits per heavy atom. The number of unbranched alkanes of at least 4 members (excludes halogenated alkanes) is 5. The zero-order valence-electron chi connectivity index (χ0n) is 14.6. The van der Waals surface area contributed by atoms with Crippen molar-refractivity contribution in [2.45, 2.75) is 83.3 Å². The summed E-state index contributed by atoms with van der Waals surface area (Å²) in [4.78, 5) is 19.2. The smallest absolute Gasteiger partial charge is 0.303 e. The summed E-state index contributed by atoms with van der Waals surface area (Å²) in [6.45, 7) is 2.08. The third-order valence-electron chi connectivity index (χ3n) is 3.75. The van der Waals surface area contributed by atoms with E-state index in [0.29, 0.717) is 12.8 Å². The van der Waals surface area contributed by atoms with E-state index < -0.39 is 5.97 Å². The number of carbonyl (C=O) groups is 1. The standard InChI is InChI=1S/C18H32O6/c1-2-3-11-16(23-21)13-9-10-14-17(24-22)12-7-5-4-6-8-15-18(19)20/h9-10,13-14,16-17,21-22H,2-8,11-12,15H2,1H3,(H,19,20). The molecule has 0 amide bonds. The average Bonchev–Trinajstić information content (AvgIpc) is 2.58. The molecule has 2 unspecified atom stereocenters. The quantitative estimate of drug-likeness (QED) is 0.161. The molecule has 0 aromatic carbocycles. The van der Waals surface area contributed by atoms with E-state index in [0.717, 1.165) is 44.9 Å². The van der Waals surface area contributed by atoms with Gasteiger partial charge >= 0.3 is 5.97 Å². The molecule has 0 fully saturated rings. The summed E-state index contributed by atoms with van der Waals surface area (Å²) in [5.74, 6) is -0.745. The molecule has 0 rings (SSSR count). The summed E-state index contributed by atoms with van der Waals surface area (Å²) < 4.78 is 0. The van der Waals surface area contributed by atoms with E-state index in [9.17, 15) is 4.79 Å². The van der Waals surface area contributed by atoms with Gasteiger partial charge in [-0.2, -0.15) is 0 Å². The molecular formula is C18H32O6. The highest BCUT2D eigenvalue weighted by Crippen LogP contribution is 2.11. The molecule has 0 spiro atoms. The molecule has 0 aliphatic heterocycles. The average molecular weight is 344 g/mol. The third kappa shape index (κ3) is 14.4. The molecule has 6 heteroatoms. The summed E-state index contributed by atoms with van der Waals surface area (Å²) in [7, 11) is 0. The summed E-state index contributed by atoms with van der Waals surface area (Å²) in [6.07, 6.45) is 14.6. The minimum absolute atomic E-state index is 0.230. The Morgan fingerprint density at radius 2 is 1.38 bits per heavy atom. The van der Waals surface area contributed by atoms with Gasteiger partial charge < -0.3 is 5.11 Å². The molecular weight excluding hydrogens is 312 g/mol. The first-order valence-electron chi connectivity index (χ1n) is 8.81. The van der Waals surface area contributed by atoms with Crippen molar-refractivity contribution in [3.8, 4) is 0 Å². The van der Waals surface area contributed by atoms with Crippen molar-refractivity contribution in [3.63, 3.8) is 0 Å². The highest BCUT2D eigenvalue weighted by molar-refractivity contribution is 5.66. The second-order valence-corrected chi connectivity index (χ2v) is 5.90. The van der Waals surface area contributed by atoms with Crippen LogP contribution in [0.15, 0.2) is 24.3 Å². The van der Waals surface area contributed by atoms with Gasteiger partial charge in [0.1, 0.15) is 12.2 Å². The van der Waals surface area contributed by atoms with Gasteiger partial charge in [-0.1, -0.05) is 69.8 Å². The van der Waals surface area contributed by atoms with Gasteiger partial charge in [0.05, 0.1) is 0 Å². The van der Waals surface area contributed by atoms with Gasteiger partial charge in [0.25, 0.3) is 0 Å². The molecule has 0 aliphatic carbocycles. The fourth-order valence-corrected chi connectivity index (χ4v) is 2.30. The molecule has 24 heavy (non-hydrogen) atoms. The third-order valence-corrected chi connectivity index (χ3v) is 3.75. The number of rotatable bonds is 16. The second kappa shape index (κ2) is 16.6. The molecule has 0 aromatic heterocycles. The topological polar surface area (TPSA) is 96.2 Å². The highest BCUT2D eigenvalue weighted by Gasteiger charge is 2.05. The van der Waals surface area contributed by atoms with Crippen LogP contribution in [0.3, 0.4) is 0 Å². The van der Waals surface area contributed by atoms with Crippen LogP contribution in [0.5, 0.6) is 0 Å². The van der Waals surface area contributed by atoms with Crippen LogP contribution in [0.25, 0.3) is 0 Å². The molecule has 0 saturated carbocycles. The lowest BCUT2D eigenvalue weighted by Gasteiger charge is -2.08. The fraction of sp³-hybridized carbons (Fsp3) is 0.722. The fourth-order valence-electron chi connectivity index (χ4n) is 2.30. The maximum Gasteiger partial charge on any atom is 0.303 e. The Balaban J connectivity index is 3.86.